The second-order valence-corrected chi connectivity index (χ2v) is 5.88. The van der Waals surface area contributed by atoms with Gasteiger partial charge in [0.1, 0.15) is 5.75 Å². The van der Waals surface area contributed by atoms with Crippen molar-refractivity contribution in [1.82, 2.24) is 4.31 Å². The molecule has 94 valence electrons. The molecule has 4 nitrogen and oxygen atoms in total. The number of benzene rings is 1. The van der Waals surface area contributed by atoms with E-state index in [1.807, 2.05) is 0 Å². The van der Waals surface area contributed by atoms with E-state index >= 15 is 0 Å². The van der Waals surface area contributed by atoms with Gasteiger partial charge in [-0.05, 0) is 24.3 Å². The van der Waals surface area contributed by atoms with Crippen molar-refractivity contribution in [1.29, 1.82) is 0 Å². The second kappa shape index (κ2) is 3.92. The summed E-state index contributed by atoms with van der Waals surface area (Å²) in [4.78, 5) is -0.0898. The van der Waals surface area contributed by atoms with E-state index in [1.165, 1.54) is 24.3 Å². The summed E-state index contributed by atoms with van der Waals surface area (Å²) >= 11 is 0. The zero-order valence-corrected chi connectivity index (χ0v) is 9.62. The van der Waals surface area contributed by atoms with Crippen molar-refractivity contribution < 1.29 is 22.3 Å². The van der Waals surface area contributed by atoms with Crippen molar-refractivity contribution in [2.24, 2.45) is 0 Å². The number of alkyl halides is 2. The van der Waals surface area contributed by atoms with Gasteiger partial charge in [-0.15, -0.1) is 0 Å². The van der Waals surface area contributed by atoms with Crippen LogP contribution in [0.15, 0.2) is 29.2 Å². The topological polar surface area (TPSA) is 57.6 Å². The Hall–Kier alpha value is -1.21. The van der Waals surface area contributed by atoms with Gasteiger partial charge >= 0.3 is 0 Å². The third kappa shape index (κ3) is 2.39. The van der Waals surface area contributed by atoms with Crippen molar-refractivity contribution in [3.8, 4) is 5.75 Å². The highest BCUT2D eigenvalue weighted by Crippen LogP contribution is 2.31. The lowest BCUT2D eigenvalue weighted by Crippen LogP contribution is -2.31. The lowest BCUT2D eigenvalue weighted by atomic mass is 10.3. The Balaban J connectivity index is 2.29. The monoisotopic (exact) mass is 263 g/mol. The minimum absolute atomic E-state index is 0.0734. The number of hydrogen-bond acceptors (Lipinski definition) is 3. The van der Waals surface area contributed by atoms with E-state index in [0.29, 0.717) is 0 Å². The molecule has 1 aliphatic rings. The number of phenolic OH excluding ortho intramolecular Hbond substituents is 1. The van der Waals surface area contributed by atoms with Crippen molar-refractivity contribution in [3.63, 3.8) is 0 Å². The molecule has 1 saturated heterocycles. The van der Waals surface area contributed by atoms with Crippen LogP contribution >= 0.6 is 0 Å². The Bertz CT molecular complexity index is 513. The first-order valence-electron chi connectivity index (χ1n) is 4.98. The van der Waals surface area contributed by atoms with Gasteiger partial charge in [-0.3, -0.25) is 0 Å². The molecule has 1 aliphatic heterocycles. The smallest absolute Gasteiger partial charge is 0.262 e. The van der Waals surface area contributed by atoms with Crippen LogP contribution in [0.2, 0.25) is 0 Å². The molecule has 0 spiro atoms. The molecule has 0 atom stereocenters. The first kappa shape index (κ1) is 12.3. The van der Waals surface area contributed by atoms with Crippen LogP contribution in [0.25, 0.3) is 0 Å². The molecular weight excluding hydrogens is 252 g/mol. The fraction of sp³-hybridized carbons (Fsp3) is 0.400. The van der Waals surface area contributed by atoms with Gasteiger partial charge in [0.25, 0.3) is 5.92 Å². The third-order valence-electron chi connectivity index (χ3n) is 2.61. The summed E-state index contributed by atoms with van der Waals surface area (Å²) in [6, 6.07) is 4.81. The van der Waals surface area contributed by atoms with Gasteiger partial charge in [-0.2, -0.15) is 4.31 Å². The van der Waals surface area contributed by atoms with Gasteiger partial charge in [0, 0.05) is 13.0 Å². The Labute approximate surface area is 97.5 Å². The maximum atomic E-state index is 13.0. The summed E-state index contributed by atoms with van der Waals surface area (Å²) in [5, 5.41) is 9.04. The first-order valence-corrected chi connectivity index (χ1v) is 6.42. The van der Waals surface area contributed by atoms with Crippen LogP contribution in [-0.2, 0) is 10.0 Å². The highest BCUT2D eigenvalue weighted by atomic mass is 32.2. The van der Waals surface area contributed by atoms with Crippen LogP contribution in [0.3, 0.4) is 0 Å². The SMILES string of the molecule is O=S(=O)(c1ccc(O)cc1)N1CCC(F)(F)C1. The first-order chi connectivity index (χ1) is 7.81. The van der Waals surface area contributed by atoms with Crippen molar-refractivity contribution in [2.45, 2.75) is 17.2 Å². The standard InChI is InChI=1S/C10H11F2NO3S/c11-10(12)5-6-13(7-10)17(15,16)9-3-1-8(14)2-4-9/h1-4,14H,5-7H2. The average molecular weight is 263 g/mol. The summed E-state index contributed by atoms with van der Waals surface area (Å²) in [5.41, 5.74) is 0. The summed E-state index contributed by atoms with van der Waals surface area (Å²) in [5.74, 6) is -3.03. The molecular formula is C10H11F2NO3S. The van der Waals surface area contributed by atoms with Crippen molar-refractivity contribution >= 4 is 10.0 Å². The number of halogens is 2. The Morgan fingerprint density at radius 1 is 1.24 bits per heavy atom. The average Bonchev–Trinajstić information content (AvgIpc) is 2.60. The lowest BCUT2D eigenvalue weighted by molar-refractivity contribution is 0.0183. The molecule has 0 unspecified atom stereocenters. The van der Waals surface area contributed by atoms with Gasteiger partial charge < -0.3 is 5.11 Å². The fourth-order valence-corrected chi connectivity index (χ4v) is 3.15. The summed E-state index contributed by atoms with van der Waals surface area (Å²) in [7, 11) is -3.88. The molecule has 17 heavy (non-hydrogen) atoms. The molecule has 0 radical (unpaired) electrons. The Kier molecular flexibility index (Phi) is 2.82. The fourth-order valence-electron chi connectivity index (χ4n) is 1.68. The van der Waals surface area contributed by atoms with E-state index in [9.17, 15) is 17.2 Å². The molecule has 1 aromatic rings. The molecule has 0 aromatic heterocycles. The van der Waals surface area contributed by atoms with Crippen molar-refractivity contribution in [3.05, 3.63) is 24.3 Å². The van der Waals surface area contributed by atoms with Crippen LogP contribution in [0.5, 0.6) is 5.75 Å². The predicted molar refractivity (Wildman–Crippen MR) is 56.4 cm³/mol. The molecule has 1 aromatic carbocycles. The Morgan fingerprint density at radius 2 is 1.82 bits per heavy atom. The highest BCUT2D eigenvalue weighted by molar-refractivity contribution is 7.89. The van der Waals surface area contributed by atoms with Gasteiger partial charge in [0.15, 0.2) is 0 Å². The van der Waals surface area contributed by atoms with Crippen molar-refractivity contribution in [2.75, 3.05) is 13.1 Å². The molecule has 0 bridgehead atoms. The largest absolute Gasteiger partial charge is 0.508 e. The molecule has 0 amide bonds. The van der Waals surface area contributed by atoms with E-state index in [-0.39, 0.29) is 17.2 Å². The lowest BCUT2D eigenvalue weighted by Gasteiger charge is -2.16. The summed E-state index contributed by atoms with van der Waals surface area (Å²) in [6.07, 6.45) is -0.454. The number of rotatable bonds is 2. The number of sulfonamides is 1. The minimum atomic E-state index is -3.88. The summed E-state index contributed by atoms with van der Waals surface area (Å²) in [6.45, 7) is -0.966. The molecule has 7 heteroatoms. The van der Waals surface area contributed by atoms with Crippen LogP contribution in [0, 0.1) is 0 Å². The quantitative estimate of drug-likeness (QED) is 0.878. The second-order valence-electron chi connectivity index (χ2n) is 3.94. The van der Waals surface area contributed by atoms with E-state index in [0.717, 1.165) is 4.31 Å². The Morgan fingerprint density at radius 3 is 2.29 bits per heavy atom. The van der Waals surface area contributed by atoms with Crippen LogP contribution in [0.1, 0.15) is 6.42 Å². The molecule has 0 aliphatic carbocycles. The molecule has 0 saturated carbocycles. The van der Waals surface area contributed by atoms with Crippen LogP contribution < -0.4 is 0 Å². The molecule has 1 N–H and O–H groups in total. The van der Waals surface area contributed by atoms with Crippen LogP contribution in [-0.4, -0.2) is 36.8 Å². The van der Waals surface area contributed by atoms with E-state index in [2.05, 4.69) is 0 Å². The number of phenols is 1. The number of aromatic hydroxyl groups is 1. The van der Waals surface area contributed by atoms with Gasteiger partial charge in [0.05, 0.1) is 11.4 Å². The van der Waals surface area contributed by atoms with Gasteiger partial charge in [-0.25, -0.2) is 17.2 Å². The molecule has 1 heterocycles. The zero-order chi connectivity index (χ0) is 12.7. The third-order valence-corrected chi connectivity index (χ3v) is 4.47. The molecule has 2 rings (SSSR count). The van der Waals surface area contributed by atoms with Gasteiger partial charge in [-0.1, -0.05) is 0 Å². The predicted octanol–water partition coefficient (Wildman–Crippen LogP) is 1.42. The maximum Gasteiger partial charge on any atom is 0.262 e. The minimum Gasteiger partial charge on any atom is -0.508 e. The van der Waals surface area contributed by atoms with Crippen LogP contribution in [0.4, 0.5) is 8.78 Å². The van der Waals surface area contributed by atoms with E-state index in [1.54, 1.807) is 0 Å². The number of nitrogens with zero attached hydrogens (tertiary/aromatic N) is 1. The van der Waals surface area contributed by atoms with E-state index in [4.69, 9.17) is 5.11 Å². The zero-order valence-electron chi connectivity index (χ0n) is 8.81. The maximum absolute atomic E-state index is 13.0. The normalized spacial score (nSPS) is 20.6. The summed E-state index contributed by atoms with van der Waals surface area (Å²) < 4.78 is 50.6. The highest BCUT2D eigenvalue weighted by Gasteiger charge is 2.43. The van der Waals surface area contributed by atoms with Gasteiger partial charge in [0.2, 0.25) is 10.0 Å². The molecule has 1 fully saturated rings. The number of hydrogen-bond donors (Lipinski definition) is 1. The van der Waals surface area contributed by atoms with E-state index < -0.39 is 28.9 Å².